The van der Waals surface area contributed by atoms with Crippen molar-refractivity contribution in [3.63, 3.8) is 0 Å². The zero-order valence-electron chi connectivity index (χ0n) is 36.1. The van der Waals surface area contributed by atoms with Crippen LogP contribution in [-0.4, -0.2) is 90.6 Å². The molecule has 62 heavy (non-hydrogen) atoms. The Morgan fingerprint density at radius 1 is 0.855 bits per heavy atom. The van der Waals surface area contributed by atoms with Gasteiger partial charge in [-0.3, -0.25) is 9.59 Å². The van der Waals surface area contributed by atoms with Crippen LogP contribution in [0.5, 0.6) is 0 Å². The number of ether oxygens (including phenoxy) is 7. The van der Waals surface area contributed by atoms with E-state index in [4.69, 9.17) is 37.6 Å². The smallest absolute Gasteiger partial charge is 0.417 e. The molecule has 2 aliphatic heterocycles. The largest absolute Gasteiger partial charge is 0.461 e. The zero-order valence-corrected chi connectivity index (χ0v) is 37.7. The van der Waals surface area contributed by atoms with Crippen LogP contribution in [0, 0.1) is 11.8 Å². The lowest BCUT2D eigenvalue weighted by molar-refractivity contribution is -0.319. The van der Waals surface area contributed by atoms with Crippen LogP contribution in [0.3, 0.4) is 0 Å². The summed E-state index contributed by atoms with van der Waals surface area (Å²) in [5.41, 5.74) is 1.78. The van der Waals surface area contributed by atoms with E-state index in [0.29, 0.717) is 23.1 Å². The molecule has 2 amide bonds. The highest BCUT2D eigenvalue weighted by atomic mass is 79.9. The quantitative estimate of drug-likeness (QED) is 0.0673. The van der Waals surface area contributed by atoms with E-state index in [1.54, 1.807) is 19.9 Å². The summed E-state index contributed by atoms with van der Waals surface area (Å²) < 4.78 is 50.1. The summed E-state index contributed by atoms with van der Waals surface area (Å²) >= 11 is 3.64. The first-order chi connectivity index (χ1) is 29.8. The number of carbonyl (C=O) groups is 3. The maximum atomic E-state index is 14.7. The van der Waals surface area contributed by atoms with Gasteiger partial charge in [0.2, 0.25) is 5.91 Å². The number of aliphatic hydroxyl groups is 1. The number of carbonyl (C=O) groups excluding carboxylic acids is 3. The van der Waals surface area contributed by atoms with Gasteiger partial charge in [0.1, 0.15) is 41.5 Å². The first kappa shape index (κ1) is 47.1. The van der Waals surface area contributed by atoms with Gasteiger partial charge in [0.25, 0.3) is 0 Å². The summed E-state index contributed by atoms with van der Waals surface area (Å²) in [6, 6.07) is 30.0. The molecule has 334 valence electrons. The number of cyclic esters (lactones) is 1. The number of methoxy groups -OCH3 is 1. The Labute approximate surface area is 372 Å². The third-order valence-electron chi connectivity index (χ3n) is 11.2. The number of nitrogens with zero attached hydrogens (tertiary/aromatic N) is 1. The molecule has 13 nitrogen and oxygen atoms in total. The predicted octanol–water partition coefficient (Wildman–Crippen LogP) is 8.14. The molecule has 2 aliphatic rings. The van der Waals surface area contributed by atoms with Crippen LogP contribution >= 0.6 is 15.9 Å². The molecule has 3 heterocycles. The van der Waals surface area contributed by atoms with Crippen molar-refractivity contribution in [1.29, 1.82) is 0 Å². The van der Waals surface area contributed by atoms with E-state index in [9.17, 15) is 19.5 Å². The predicted molar refractivity (Wildman–Crippen MR) is 231 cm³/mol. The SMILES string of the molecule is CO[C@H]1O[C@H](CO)[C@@H](OCc2ccccc2)[C@H](OCc2ccccc2)[C@@H]1OCCCc1oc([C@@H](OC(C)=O)[C@H](Cc2ccccc2)C(=O)N2C(=O)OC(C)(C)[C@@H]2C(C)C)cc1Br. The molecule has 3 aromatic carbocycles. The number of imide groups is 1. The fourth-order valence-electron chi connectivity index (χ4n) is 8.48. The molecular formula is C48H58BrNO12. The van der Waals surface area contributed by atoms with E-state index >= 15 is 0 Å². The lowest BCUT2D eigenvalue weighted by atomic mass is 9.86. The summed E-state index contributed by atoms with van der Waals surface area (Å²) in [6.45, 7) is 9.15. The Morgan fingerprint density at radius 3 is 1.98 bits per heavy atom. The average Bonchev–Trinajstić information content (AvgIpc) is 3.75. The monoisotopic (exact) mass is 919 g/mol. The van der Waals surface area contributed by atoms with Gasteiger partial charge in [-0.05, 0) is 71.3 Å². The topological polar surface area (TPSA) is 152 Å². The molecule has 2 fully saturated rings. The van der Waals surface area contributed by atoms with Crippen LogP contribution < -0.4 is 0 Å². The normalized spacial score (nSPS) is 23.2. The van der Waals surface area contributed by atoms with Crippen LogP contribution in [0.15, 0.2) is 106 Å². The van der Waals surface area contributed by atoms with Crippen molar-refractivity contribution >= 4 is 33.9 Å². The molecule has 8 atom stereocenters. The Hall–Kier alpha value is -4.41. The number of hydrogen-bond acceptors (Lipinski definition) is 12. The van der Waals surface area contributed by atoms with Crippen molar-refractivity contribution in [2.24, 2.45) is 11.8 Å². The van der Waals surface area contributed by atoms with Gasteiger partial charge in [-0.15, -0.1) is 0 Å². The van der Waals surface area contributed by atoms with Crippen LogP contribution in [0.2, 0.25) is 0 Å². The molecule has 14 heteroatoms. The van der Waals surface area contributed by atoms with Crippen molar-refractivity contribution in [2.45, 2.75) is 116 Å². The second-order valence-electron chi connectivity index (χ2n) is 16.5. The second-order valence-corrected chi connectivity index (χ2v) is 17.4. The number of rotatable bonds is 20. The molecule has 0 saturated carbocycles. The fourth-order valence-corrected chi connectivity index (χ4v) is 8.98. The maximum Gasteiger partial charge on any atom is 0.417 e. The Bertz CT molecular complexity index is 2040. The minimum absolute atomic E-state index is 0.120. The van der Waals surface area contributed by atoms with Crippen LogP contribution in [0.4, 0.5) is 4.79 Å². The van der Waals surface area contributed by atoms with Crippen molar-refractivity contribution in [3.8, 4) is 0 Å². The molecule has 0 aliphatic carbocycles. The van der Waals surface area contributed by atoms with Gasteiger partial charge >= 0.3 is 12.1 Å². The number of amides is 2. The second kappa shape index (κ2) is 21.8. The molecule has 0 spiro atoms. The fraction of sp³-hybridized carbons (Fsp3) is 0.479. The number of aryl methyl sites for hydroxylation is 1. The van der Waals surface area contributed by atoms with Crippen molar-refractivity contribution in [2.75, 3.05) is 20.3 Å². The highest BCUT2D eigenvalue weighted by molar-refractivity contribution is 9.10. The third kappa shape index (κ3) is 11.6. The molecular weight excluding hydrogens is 862 g/mol. The molecule has 2 saturated heterocycles. The van der Waals surface area contributed by atoms with Gasteiger partial charge in [-0.2, -0.15) is 0 Å². The summed E-state index contributed by atoms with van der Waals surface area (Å²) in [6.07, 6.45) is -4.65. The lowest BCUT2D eigenvalue weighted by Gasteiger charge is -2.45. The van der Waals surface area contributed by atoms with Gasteiger partial charge in [-0.25, -0.2) is 9.69 Å². The number of furan rings is 1. The molecule has 1 aromatic heterocycles. The van der Waals surface area contributed by atoms with Gasteiger partial charge in [0.05, 0.1) is 36.3 Å². The first-order valence-corrected chi connectivity index (χ1v) is 21.9. The Morgan fingerprint density at radius 2 is 1.44 bits per heavy atom. The van der Waals surface area contributed by atoms with Gasteiger partial charge in [0.15, 0.2) is 12.4 Å². The molecule has 6 rings (SSSR count). The van der Waals surface area contributed by atoms with Crippen molar-refractivity contribution < 1.29 is 57.1 Å². The lowest BCUT2D eigenvalue weighted by Crippen LogP contribution is -2.61. The van der Waals surface area contributed by atoms with E-state index in [1.165, 1.54) is 18.9 Å². The third-order valence-corrected chi connectivity index (χ3v) is 11.8. The summed E-state index contributed by atoms with van der Waals surface area (Å²) in [7, 11) is 1.52. The molecule has 0 bridgehead atoms. The van der Waals surface area contributed by atoms with Gasteiger partial charge < -0.3 is 42.7 Å². The van der Waals surface area contributed by atoms with E-state index in [1.807, 2.05) is 105 Å². The highest BCUT2D eigenvalue weighted by Gasteiger charge is 2.54. The van der Waals surface area contributed by atoms with E-state index in [2.05, 4.69) is 15.9 Å². The van der Waals surface area contributed by atoms with Crippen molar-refractivity contribution in [1.82, 2.24) is 4.90 Å². The Kier molecular flexibility index (Phi) is 16.5. The van der Waals surface area contributed by atoms with Crippen LogP contribution in [0.1, 0.15) is 75.4 Å². The summed E-state index contributed by atoms with van der Waals surface area (Å²) in [5, 5.41) is 10.4. The number of aliphatic hydroxyl groups excluding tert-OH is 1. The Balaban J connectivity index is 1.21. The molecule has 4 aromatic rings. The maximum absolute atomic E-state index is 14.7. The standard InChI is InChI=1S/C48H58BrNO12/c1-30(2)44-48(4,5)62-47(54)50(44)45(53)35(25-32-17-10-7-11-18-32)40(59-31(3)52)38-26-36(49)37(60-38)23-16-24-56-43-42(58-29-34-21-14-9-15-22-34)41(39(27-51)61-46(43)55-6)57-28-33-19-12-8-13-20-33/h7-15,17-22,26,30,35,39-44,46,51H,16,23-25,27-29H2,1-6H3/t35-,39+,40-,41+,42-,43-,44-,46-/m0/s1. The number of hydrogen-bond donors (Lipinski definition) is 1. The van der Waals surface area contributed by atoms with E-state index in [0.717, 1.165) is 16.7 Å². The number of benzene rings is 3. The van der Waals surface area contributed by atoms with E-state index < -0.39 is 72.3 Å². The first-order valence-electron chi connectivity index (χ1n) is 21.1. The number of esters is 1. The molecule has 0 unspecified atom stereocenters. The van der Waals surface area contributed by atoms with Crippen molar-refractivity contribution in [3.05, 3.63) is 130 Å². The van der Waals surface area contributed by atoms with Gasteiger partial charge in [0, 0.05) is 27.1 Å². The van der Waals surface area contributed by atoms with Gasteiger partial charge in [-0.1, -0.05) is 105 Å². The highest BCUT2D eigenvalue weighted by Crippen LogP contribution is 2.40. The number of halogens is 1. The minimum Gasteiger partial charge on any atom is -0.461 e. The molecule has 0 radical (unpaired) electrons. The minimum atomic E-state index is -1.18. The van der Waals surface area contributed by atoms with Crippen LogP contribution in [0.25, 0.3) is 0 Å². The van der Waals surface area contributed by atoms with Crippen LogP contribution in [-0.2, 0) is 68.8 Å². The molecule has 1 N–H and O–H groups in total. The van der Waals surface area contributed by atoms with E-state index in [-0.39, 0.29) is 44.5 Å². The zero-order chi connectivity index (χ0) is 44.4. The average molecular weight is 921 g/mol. The summed E-state index contributed by atoms with van der Waals surface area (Å²) in [5.74, 6) is -1.52. The summed E-state index contributed by atoms with van der Waals surface area (Å²) in [4.78, 5) is 42.0.